The number of furan rings is 1. The van der Waals surface area contributed by atoms with Crippen LogP contribution < -0.4 is 19.5 Å². The lowest BCUT2D eigenvalue weighted by Gasteiger charge is -2.34. The average molecular weight is 694 g/mol. The van der Waals surface area contributed by atoms with Crippen molar-refractivity contribution >= 4 is 35.2 Å². The van der Waals surface area contributed by atoms with Crippen molar-refractivity contribution in [2.75, 3.05) is 38.5 Å². The minimum Gasteiger partial charge on any atom is -0.492 e. The van der Waals surface area contributed by atoms with E-state index in [1.54, 1.807) is 0 Å². The monoisotopic (exact) mass is 693 g/mol. The fraction of sp³-hybridized carbons (Fsp3) is 0.459. The standard InChI is InChI=1S/C37H51N3O6SSi/c1-6-48(7-2,8-3)46-37(26-38-22-23-43-30-19-20-32-31-16-12-13-17-34(31)45-36(32)25-30)29-18-21-35(44-27-28-14-10-9-11-15-28)33(24-29)39-47(41,42)40(4)5/h9-11,14-15,18-21,24-25,37-39H,6-8,12-13,16-17,22-23,26-27H2,1-5H3. The highest BCUT2D eigenvalue weighted by atomic mass is 32.2. The van der Waals surface area contributed by atoms with Gasteiger partial charge in [-0.1, -0.05) is 57.2 Å². The lowest BCUT2D eigenvalue weighted by atomic mass is 9.96. The molecule has 0 bridgehead atoms. The van der Waals surface area contributed by atoms with Gasteiger partial charge in [-0.3, -0.25) is 4.72 Å². The van der Waals surface area contributed by atoms with E-state index in [1.165, 1.54) is 37.9 Å². The van der Waals surface area contributed by atoms with E-state index in [-0.39, 0.29) is 6.10 Å². The zero-order chi connectivity index (χ0) is 34.1. The molecule has 2 N–H and O–H groups in total. The summed E-state index contributed by atoms with van der Waals surface area (Å²) in [6.07, 6.45) is 4.21. The van der Waals surface area contributed by atoms with E-state index in [0.29, 0.717) is 37.7 Å². The van der Waals surface area contributed by atoms with Crippen LogP contribution >= 0.6 is 0 Å². The summed E-state index contributed by atoms with van der Waals surface area (Å²) in [5.41, 5.74) is 4.50. The van der Waals surface area contributed by atoms with Crippen LogP contribution in [0.5, 0.6) is 11.5 Å². The molecule has 260 valence electrons. The summed E-state index contributed by atoms with van der Waals surface area (Å²) in [5.74, 6) is 2.37. The topological polar surface area (TPSA) is 102 Å². The predicted octanol–water partition coefficient (Wildman–Crippen LogP) is 7.84. The Balaban J connectivity index is 1.31. The first kappa shape index (κ1) is 35.9. The zero-order valence-corrected chi connectivity index (χ0v) is 30.8. The van der Waals surface area contributed by atoms with Gasteiger partial charge >= 0.3 is 10.2 Å². The third kappa shape index (κ3) is 8.81. The Labute approximate surface area is 287 Å². The number of aryl methyl sites for hydroxylation is 2. The van der Waals surface area contributed by atoms with Crippen LogP contribution in [0, 0.1) is 0 Å². The molecule has 0 aliphatic heterocycles. The van der Waals surface area contributed by atoms with Crippen molar-refractivity contribution < 1.29 is 26.7 Å². The van der Waals surface area contributed by atoms with Crippen molar-refractivity contribution in [2.24, 2.45) is 0 Å². The Hall–Kier alpha value is -3.35. The van der Waals surface area contributed by atoms with Crippen molar-refractivity contribution in [3.63, 3.8) is 0 Å². The van der Waals surface area contributed by atoms with E-state index < -0.39 is 18.5 Å². The molecule has 0 radical (unpaired) electrons. The van der Waals surface area contributed by atoms with E-state index in [9.17, 15) is 8.42 Å². The Kier molecular flexibility index (Phi) is 12.3. The summed E-state index contributed by atoms with van der Waals surface area (Å²) in [4.78, 5) is 0. The minimum absolute atomic E-state index is 0.284. The Bertz CT molecular complexity index is 1730. The maximum atomic E-state index is 13.0. The summed E-state index contributed by atoms with van der Waals surface area (Å²) in [5, 5.41) is 4.75. The van der Waals surface area contributed by atoms with E-state index in [4.69, 9.17) is 18.3 Å². The molecular weight excluding hydrogens is 643 g/mol. The number of nitrogens with zero attached hydrogens (tertiary/aromatic N) is 1. The maximum absolute atomic E-state index is 13.0. The van der Waals surface area contributed by atoms with Crippen molar-refractivity contribution in [1.82, 2.24) is 9.62 Å². The number of hydrogen-bond donors (Lipinski definition) is 2. The summed E-state index contributed by atoms with van der Waals surface area (Å²) in [7, 11) is -2.81. The minimum atomic E-state index is -3.78. The predicted molar refractivity (Wildman–Crippen MR) is 196 cm³/mol. The van der Waals surface area contributed by atoms with E-state index in [1.807, 2.05) is 60.7 Å². The average Bonchev–Trinajstić information content (AvgIpc) is 3.47. The summed E-state index contributed by atoms with van der Waals surface area (Å²) in [6, 6.07) is 24.6. The largest absolute Gasteiger partial charge is 0.492 e. The molecule has 1 aliphatic rings. The molecule has 0 spiro atoms. The van der Waals surface area contributed by atoms with Crippen LogP contribution in [0.15, 0.2) is 71.1 Å². The van der Waals surface area contributed by atoms with Gasteiger partial charge in [0, 0.05) is 50.6 Å². The van der Waals surface area contributed by atoms with Gasteiger partial charge in [0.25, 0.3) is 0 Å². The third-order valence-corrected chi connectivity index (χ3v) is 15.6. The first-order valence-corrected chi connectivity index (χ1v) is 21.2. The van der Waals surface area contributed by atoms with Crippen molar-refractivity contribution in [1.29, 1.82) is 0 Å². The lowest BCUT2D eigenvalue weighted by Crippen LogP contribution is -2.40. The Morgan fingerprint density at radius 3 is 2.40 bits per heavy atom. The molecule has 0 saturated heterocycles. The number of benzene rings is 3. The molecule has 3 aromatic carbocycles. The quantitative estimate of drug-likeness (QED) is 0.0809. The van der Waals surface area contributed by atoms with Crippen LogP contribution in [0.3, 0.4) is 0 Å². The molecule has 48 heavy (non-hydrogen) atoms. The van der Waals surface area contributed by atoms with Crippen molar-refractivity contribution in [2.45, 2.75) is 77.3 Å². The lowest BCUT2D eigenvalue weighted by molar-refractivity contribution is 0.183. The van der Waals surface area contributed by atoms with Gasteiger partial charge < -0.3 is 23.6 Å². The molecule has 1 aliphatic carbocycles. The highest BCUT2D eigenvalue weighted by Gasteiger charge is 2.33. The molecule has 1 aromatic heterocycles. The molecule has 9 nitrogen and oxygen atoms in total. The fourth-order valence-electron chi connectivity index (χ4n) is 6.26. The van der Waals surface area contributed by atoms with Gasteiger partial charge in [0.1, 0.15) is 36.1 Å². The summed E-state index contributed by atoms with van der Waals surface area (Å²) < 4.78 is 55.2. The van der Waals surface area contributed by atoms with Crippen LogP contribution in [0.25, 0.3) is 11.0 Å². The Morgan fingerprint density at radius 2 is 1.67 bits per heavy atom. The number of rotatable bonds is 18. The van der Waals surface area contributed by atoms with Gasteiger partial charge in [-0.15, -0.1) is 0 Å². The normalized spacial score (nSPS) is 14.2. The second kappa shape index (κ2) is 16.4. The SMILES string of the molecule is CC[Si](CC)(CC)OC(CNCCOc1ccc2c3c(oc2c1)CCCC3)c1ccc(OCc2ccccc2)c(NS(=O)(=O)N(C)C)c1. The molecule has 0 amide bonds. The van der Waals surface area contributed by atoms with Gasteiger partial charge in [0.2, 0.25) is 0 Å². The van der Waals surface area contributed by atoms with E-state index in [0.717, 1.165) is 63.5 Å². The number of hydrogen-bond acceptors (Lipinski definition) is 7. The number of ether oxygens (including phenoxy) is 2. The van der Waals surface area contributed by atoms with Crippen LogP contribution in [0.4, 0.5) is 5.69 Å². The maximum Gasteiger partial charge on any atom is 0.301 e. The second-order valence-corrected chi connectivity index (χ2v) is 19.3. The smallest absolute Gasteiger partial charge is 0.301 e. The number of fused-ring (bicyclic) bond motifs is 3. The van der Waals surface area contributed by atoms with Gasteiger partial charge in [-0.25, -0.2) is 0 Å². The van der Waals surface area contributed by atoms with E-state index >= 15 is 0 Å². The molecule has 1 unspecified atom stereocenters. The zero-order valence-electron chi connectivity index (χ0n) is 29.0. The van der Waals surface area contributed by atoms with Crippen LogP contribution in [0.2, 0.25) is 18.1 Å². The molecule has 11 heteroatoms. The molecule has 0 fully saturated rings. The number of anilines is 1. The van der Waals surface area contributed by atoms with E-state index in [2.05, 4.69) is 36.9 Å². The van der Waals surface area contributed by atoms with Crippen LogP contribution in [-0.2, 0) is 34.1 Å². The molecule has 1 heterocycles. The molecule has 0 saturated carbocycles. The molecule has 1 atom stereocenters. The first-order valence-electron chi connectivity index (χ1n) is 17.2. The van der Waals surface area contributed by atoms with Crippen molar-refractivity contribution in [3.8, 4) is 11.5 Å². The van der Waals surface area contributed by atoms with Gasteiger partial charge in [-0.2, -0.15) is 12.7 Å². The summed E-state index contributed by atoms with van der Waals surface area (Å²) in [6.45, 7) is 8.58. The van der Waals surface area contributed by atoms with Crippen molar-refractivity contribution in [3.05, 3.63) is 89.2 Å². The molecule has 4 aromatic rings. The fourth-order valence-corrected chi connectivity index (χ4v) is 9.70. The Morgan fingerprint density at radius 1 is 0.917 bits per heavy atom. The van der Waals surface area contributed by atoms with Gasteiger partial charge in [-0.05, 0) is 72.8 Å². The molecular formula is C37H51N3O6SSi. The van der Waals surface area contributed by atoms with Crippen LogP contribution in [0.1, 0.15) is 62.2 Å². The number of nitrogens with one attached hydrogen (secondary N) is 2. The second-order valence-electron chi connectivity index (χ2n) is 12.7. The van der Waals surface area contributed by atoms with Crippen LogP contribution in [-0.4, -0.2) is 54.8 Å². The third-order valence-electron chi connectivity index (χ3n) is 9.46. The highest BCUT2D eigenvalue weighted by molar-refractivity contribution is 7.90. The highest BCUT2D eigenvalue weighted by Crippen LogP contribution is 2.36. The molecule has 5 rings (SSSR count). The van der Waals surface area contributed by atoms with Gasteiger partial charge in [0.05, 0.1) is 11.8 Å². The summed E-state index contributed by atoms with van der Waals surface area (Å²) >= 11 is 0. The first-order chi connectivity index (χ1) is 23.2. The van der Waals surface area contributed by atoms with Gasteiger partial charge in [0.15, 0.2) is 8.32 Å².